The second-order valence-corrected chi connectivity index (χ2v) is 6.46. The van der Waals surface area contributed by atoms with E-state index in [9.17, 15) is 13.6 Å². The smallest absolute Gasteiger partial charge is 0.251 e. The van der Waals surface area contributed by atoms with Crippen LogP contribution in [0, 0.1) is 5.92 Å². The quantitative estimate of drug-likeness (QED) is 0.713. The summed E-state index contributed by atoms with van der Waals surface area (Å²) in [5.74, 6) is -0.00751. The van der Waals surface area contributed by atoms with Crippen molar-refractivity contribution in [3.63, 3.8) is 0 Å². The Morgan fingerprint density at radius 2 is 1.95 bits per heavy atom. The monoisotopic (exact) mass is 303 g/mol. The summed E-state index contributed by atoms with van der Waals surface area (Å²) in [5.41, 5.74) is 0. The van der Waals surface area contributed by atoms with Crippen molar-refractivity contribution in [1.82, 2.24) is 14.7 Å². The van der Waals surface area contributed by atoms with Crippen molar-refractivity contribution >= 4 is 5.91 Å². The van der Waals surface area contributed by atoms with Crippen molar-refractivity contribution < 1.29 is 13.6 Å². The molecule has 0 aromatic carbocycles. The fourth-order valence-electron chi connectivity index (χ4n) is 3.05. The second-order valence-electron chi connectivity index (χ2n) is 6.46. The molecule has 0 bridgehead atoms. The third-order valence-corrected chi connectivity index (χ3v) is 4.59. The van der Waals surface area contributed by atoms with Gasteiger partial charge in [-0.2, -0.15) is 0 Å². The highest BCUT2D eigenvalue weighted by Gasteiger charge is 2.30. The van der Waals surface area contributed by atoms with Gasteiger partial charge in [0.2, 0.25) is 5.91 Å². The maximum atomic E-state index is 12.5. The van der Waals surface area contributed by atoms with Crippen LogP contribution in [0.4, 0.5) is 8.78 Å². The molecule has 122 valence electrons. The Morgan fingerprint density at radius 3 is 2.57 bits per heavy atom. The Hall–Kier alpha value is -0.750. The van der Waals surface area contributed by atoms with Crippen LogP contribution >= 0.6 is 0 Å². The number of carbonyl (C=O) groups excluding carboxylic acids is 1. The van der Waals surface area contributed by atoms with E-state index in [1.54, 1.807) is 9.80 Å². The van der Waals surface area contributed by atoms with Crippen molar-refractivity contribution in [2.45, 2.75) is 38.2 Å². The van der Waals surface area contributed by atoms with Gasteiger partial charge in [-0.1, -0.05) is 0 Å². The van der Waals surface area contributed by atoms with E-state index in [1.807, 2.05) is 7.05 Å². The fraction of sp³-hybridized carbons (Fsp3) is 0.933. The first-order valence-electron chi connectivity index (χ1n) is 7.93. The van der Waals surface area contributed by atoms with E-state index in [0.29, 0.717) is 19.1 Å². The predicted molar refractivity (Wildman–Crippen MR) is 78.5 cm³/mol. The Labute approximate surface area is 126 Å². The Kier molecular flexibility index (Phi) is 5.93. The van der Waals surface area contributed by atoms with Gasteiger partial charge < -0.3 is 9.80 Å². The number of amides is 1. The van der Waals surface area contributed by atoms with Gasteiger partial charge in [0.1, 0.15) is 0 Å². The summed E-state index contributed by atoms with van der Waals surface area (Å²) in [7, 11) is 3.93. The Bertz CT molecular complexity index is 350. The minimum Gasteiger partial charge on any atom is -0.344 e. The number of hydrogen-bond acceptors (Lipinski definition) is 3. The molecule has 1 saturated carbocycles. The van der Waals surface area contributed by atoms with Gasteiger partial charge in [-0.25, -0.2) is 8.78 Å². The lowest BCUT2D eigenvalue weighted by Gasteiger charge is -2.34. The van der Waals surface area contributed by atoms with Crippen molar-refractivity contribution in [1.29, 1.82) is 0 Å². The molecule has 2 aliphatic rings. The van der Waals surface area contributed by atoms with E-state index in [-0.39, 0.29) is 18.4 Å². The highest BCUT2D eigenvalue weighted by Crippen LogP contribution is 2.25. The van der Waals surface area contributed by atoms with Gasteiger partial charge in [-0.05, 0) is 39.3 Å². The molecule has 0 N–H and O–H groups in total. The second kappa shape index (κ2) is 7.49. The van der Waals surface area contributed by atoms with Gasteiger partial charge in [-0.15, -0.1) is 0 Å². The molecule has 6 heteroatoms. The fourth-order valence-corrected chi connectivity index (χ4v) is 3.05. The van der Waals surface area contributed by atoms with E-state index in [0.717, 1.165) is 25.9 Å². The lowest BCUT2D eigenvalue weighted by molar-refractivity contribution is -0.136. The van der Waals surface area contributed by atoms with Crippen molar-refractivity contribution in [3.8, 4) is 0 Å². The standard InChI is InChI=1S/C15H27F2N3O/c1-18(13-5-6-13)8-9-19(2)15(21)12-4-3-7-20(10-12)11-14(16)17/h12-14H,3-11H2,1-2H3/t12-/m1/s1. The predicted octanol–water partition coefficient (Wildman–Crippen LogP) is 1.52. The maximum Gasteiger partial charge on any atom is 0.251 e. The lowest BCUT2D eigenvalue weighted by atomic mass is 9.96. The first kappa shape index (κ1) is 16.6. The average Bonchev–Trinajstić information content (AvgIpc) is 3.27. The molecule has 0 aromatic heterocycles. The maximum absolute atomic E-state index is 12.5. The van der Waals surface area contributed by atoms with Gasteiger partial charge in [0.15, 0.2) is 0 Å². The van der Waals surface area contributed by atoms with Gasteiger partial charge >= 0.3 is 0 Å². The summed E-state index contributed by atoms with van der Waals surface area (Å²) < 4.78 is 24.9. The van der Waals surface area contributed by atoms with Crippen LogP contribution in [0.25, 0.3) is 0 Å². The molecule has 1 aliphatic heterocycles. The lowest BCUT2D eigenvalue weighted by Crippen LogP contribution is -2.46. The Morgan fingerprint density at radius 1 is 1.24 bits per heavy atom. The van der Waals surface area contributed by atoms with Gasteiger partial charge in [-0.3, -0.25) is 9.69 Å². The van der Waals surface area contributed by atoms with Crippen LogP contribution in [0.1, 0.15) is 25.7 Å². The summed E-state index contributed by atoms with van der Waals surface area (Å²) >= 11 is 0. The third kappa shape index (κ3) is 5.18. The molecule has 1 saturated heterocycles. The normalized spacial score (nSPS) is 23.8. The molecule has 1 aliphatic carbocycles. The number of rotatable bonds is 7. The van der Waals surface area contributed by atoms with E-state index >= 15 is 0 Å². The molecule has 2 rings (SSSR count). The highest BCUT2D eigenvalue weighted by molar-refractivity contribution is 5.78. The zero-order valence-corrected chi connectivity index (χ0v) is 13.1. The van der Waals surface area contributed by atoms with Crippen LogP contribution in [0.5, 0.6) is 0 Å². The molecule has 0 radical (unpaired) electrons. The van der Waals surface area contributed by atoms with E-state index in [1.165, 1.54) is 12.8 Å². The zero-order chi connectivity index (χ0) is 15.4. The molecule has 4 nitrogen and oxygen atoms in total. The van der Waals surface area contributed by atoms with Crippen LogP contribution in [-0.4, -0.2) is 79.9 Å². The van der Waals surface area contributed by atoms with Crippen LogP contribution < -0.4 is 0 Å². The molecule has 2 fully saturated rings. The number of piperidine rings is 1. The average molecular weight is 303 g/mol. The molecule has 1 heterocycles. The number of carbonyl (C=O) groups is 1. The van der Waals surface area contributed by atoms with Crippen molar-refractivity contribution in [2.75, 3.05) is 46.8 Å². The Balaban J connectivity index is 1.74. The summed E-state index contributed by atoms with van der Waals surface area (Å²) in [6.07, 6.45) is 1.86. The van der Waals surface area contributed by atoms with Crippen LogP contribution in [0.15, 0.2) is 0 Å². The van der Waals surface area contributed by atoms with E-state index in [4.69, 9.17) is 0 Å². The highest BCUT2D eigenvalue weighted by atomic mass is 19.3. The van der Waals surface area contributed by atoms with E-state index < -0.39 is 6.43 Å². The summed E-state index contributed by atoms with van der Waals surface area (Å²) in [6, 6.07) is 0.699. The van der Waals surface area contributed by atoms with Gasteiger partial charge in [0, 0.05) is 32.7 Å². The molecule has 0 aromatic rings. The number of hydrogen-bond donors (Lipinski definition) is 0. The first-order valence-corrected chi connectivity index (χ1v) is 7.93. The van der Waals surface area contributed by atoms with Crippen LogP contribution in [0.3, 0.4) is 0 Å². The molecule has 1 atom stereocenters. The summed E-state index contributed by atoms with van der Waals surface area (Å²) in [6.45, 7) is 2.56. The zero-order valence-electron chi connectivity index (χ0n) is 13.1. The molecular formula is C15H27F2N3O. The summed E-state index contributed by atoms with van der Waals surface area (Å²) in [5, 5.41) is 0. The molecule has 1 amide bonds. The van der Waals surface area contributed by atoms with Gasteiger partial charge in [0.05, 0.1) is 12.5 Å². The summed E-state index contributed by atoms with van der Waals surface area (Å²) in [4.78, 5) is 18.2. The van der Waals surface area contributed by atoms with Crippen molar-refractivity contribution in [2.24, 2.45) is 5.92 Å². The minimum atomic E-state index is -2.32. The van der Waals surface area contributed by atoms with Crippen LogP contribution in [0.2, 0.25) is 0 Å². The van der Waals surface area contributed by atoms with Crippen molar-refractivity contribution in [3.05, 3.63) is 0 Å². The molecular weight excluding hydrogens is 276 g/mol. The van der Waals surface area contributed by atoms with Crippen LogP contribution in [-0.2, 0) is 4.79 Å². The largest absolute Gasteiger partial charge is 0.344 e. The topological polar surface area (TPSA) is 26.8 Å². The number of nitrogens with zero attached hydrogens (tertiary/aromatic N) is 3. The van der Waals surface area contributed by atoms with Gasteiger partial charge in [0.25, 0.3) is 6.43 Å². The third-order valence-electron chi connectivity index (χ3n) is 4.59. The molecule has 21 heavy (non-hydrogen) atoms. The van der Waals surface area contributed by atoms with E-state index in [2.05, 4.69) is 11.9 Å². The number of likely N-dealkylation sites (N-methyl/N-ethyl adjacent to an activating group) is 2. The minimum absolute atomic E-state index is 0.109. The SMILES string of the molecule is CN(CCN(C)C1CC1)C(=O)[C@@H]1CCCN(CC(F)F)C1. The number of likely N-dealkylation sites (tertiary alicyclic amines) is 1. The molecule has 0 unspecified atom stereocenters. The molecule has 0 spiro atoms. The number of alkyl halides is 2. The first-order chi connectivity index (χ1) is 9.97. The number of halogens is 2.